The summed E-state index contributed by atoms with van der Waals surface area (Å²) in [6.07, 6.45) is 2.54. The summed E-state index contributed by atoms with van der Waals surface area (Å²) in [5.74, 6) is 1.71. The zero-order valence-electron chi connectivity index (χ0n) is 9.48. The summed E-state index contributed by atoms with van der Waals surface area (Å²) in [7, 11) is -2.76. The molecule has 0 radical (unpaired) electrons. The molecule has 0 saturated carbocycles. The number of nitrogens with zero attached hydrogens (tertiary/aromatic N) is 1. The highest BCUT2D eigenvalue weighted by molar-refractivity contribution is 8.13. The predicted octanol–water partition coefficient (Wildman–Crippen LogP) is 1.03. The van der Waals surface area contributed by atoms with Crippen molar-refractivity contribution in [2.45, 2.75) is 38.3 Å². The quantitative estimate of drug-likeness (QED) is 0.767. The summed E-state index contributed by atoms with van der Waals surface area (Å²) in [4.78, 5) is 4.62. The van der Waals surface area contributed by atoms with Crippen LogP contribution in [0.25, 0.3) is 0 Å². The van der Waals surface area contributed by atoms with Gasteiger partial charge in [-0.3, -0.25) is 4.99 Å². The molecule has 2 saturated heterocycles. The second kappa shape index (κ2) is 4.96. The number of rotatable bonds is 1. The van der Waals surface area contributed by atoms with E-state index in [0.29, 0.717) is 30.4 Å². The molecule has 16 heavy (non-hydrogen) atoms. The minimum atomic E-state index is -2.76. The summed E-state index contributed by atoms with van der Waals surface area (Å²) < 4.78 is 22.5. The van der Waals surface area contributed by atoms with Crippen LogP contribution in [0.5, 0.6) is 0 Å². The molecule has 4 nitrogen and oxygen atoms in total. The molecule has 0 aromatic heterocycles. The Morgan fingerprint density at radius 1 is 1.31 bits per heavy atom. The third-order valence-corrected chi connectivity index (χ3v) is 5.64. The molecule has 0 spiro atoms. The molecule has 2 heterocycles. The fourth-order valence-electron chi connectivity index (χ4n) is 1.90. The van der Waals surface area contributed by atoms with Crippen LogP contribution in [0.15, 0.2) is 4.99 Å². The van der Waals surface area contributed by atoms with Crippen molar-refractivity contribution in [1.29, 1.82) is 0 Å². The lowest BCUT2D eigenvalue weighted by atomic mass is 10.2. The van der Waals surface area contributed by atoms with E-state index in [0.717, 1.165) is 10.9 Å². The van der Waals surface area contributed by atoms with E-state index in [4.69, 9.17) is 0 Å². The van der Waals surface area contributed by atoms with E-state index in [2.05, 4.69) is 17.2 Å². The van der Waals surface area contributed by atoms with E-state index in [1.807, 2.05) is 0 Å². The van der Waals surface area contributed by atoms with Gasteiger partial charge in [-0.1, -0.05) is 11.8 Å². The molecular formula is C10H18N2O2S2. The molecule has 2 rings (SSSR count). The fourth-order valence-corrected chi connectivity index (χ4v) is 4.54. The van der Waals surface area contributed by atoms with Crippen molar-refractivity contribution in [3.8, 4) is 0 Å². The van der Waals surface area contributed by atoms with Gasteiger partial charge in [0.25, 0.3) is 0 Å². The maximum absolute atomic E-state index is 11.3. The Labute approximate surface area is 101 Å². The highest BCUT2D eigenvalue weighted by Gasteiger charge is 2.24. The molecule has 1 unspecified atom stereocenters. The molecule has 6 heteroatoms. The number of hydrogen-bond donors (Lipinski definition) is 1. The van der Waals surface area contributed by atoms with Crippen molar-refractivity contribution in [3.63, 3.8) is 0 Å². The van der Waals surface area contributed by atoms with Crippen molar-refractivity contribution < 1.29 is 8.42 Å². The van der Waals surface area contributed by atoms with Crippen LogP contribution in [0.4, 0.5) is 0 Å². The monoisotopic (exact) mass is 262 g/mol. The summed E-state index contributed by atoms with van der Waals surface area (Å²) >= 11 is 1.75. The summed E-state index contributed by atoms with van der Waals surface area (Å²) in [6.45, 7) is 2.15. The van der Waals surface area contributed by atoms with E-state index in [1.165, 1.54) is 6.42 Å². The molecular weight excluding hydrogens is 244 g/mol. The molecule has 0 amide bonds. The molecule has 2 aliphatic rings. The van der Waals surface area contributed by atoms with E-state index < -0.39 is 9.84 Å². The molecule has 92 valence electrons. The molecule has 2 aliphatic heterocycles. The third-order valence-electron chi connectivity index (χ3n) is 2.98. The second-order valence-corrected chi connectivity index (χ2v) is 7.89. The van der Waals surface area contributed by atoms with Crippen molar-refractivity contribution in [1.82, 2.24) is 5.32 Å². The molecule has 0 aliphatic carbocycles. The number of sulfone groups is 1. The zero-order chi connectivity index (χ0) is 11.6. The van der Waals surface area contributed by atoms with Crippen molar-refractivity contribution in [2.75, 3.05) is 17.3 Å². The van der Waals surface area contributed by atoms with E-state index >= 15 is 0 Å². The highest BCUT2D eigenvalue weighted by atomic mass is 32.2. The van der Waals surface area contributed by atoms with Gasteiger partial charge in [-0.05, 0) is 26.2 Å². The molecule has 1 N–H and O–H groups in total. The Bertz CT molecular complexity index is 364. The average molecular weight is 262 g/mol. The Balaban J connectivity index is 1.92. The van der Waals surface area contributed by atoms with Gasteiger partial charge in [0, 0.05) is 11.8 Å². The van der Waals surface area contributed by atoms with Crippen LogP contribution < -0.4 is 5.32 Å². The number of amidine groups is 1. The first-order valence-corrected chi connectivity index (χ1v) is 8.53. The van der Waals surface area contributed by atoms with Gasteiger partial charge in [0.05, 0.1) is 17.5 Å². The van der Waals surface area contributed by atoms with Gasteiger partial charge in [0.2, 0.25) is 0 Å². The minimum absolute atomic E-state index is 0.198. The Morgan fingerprint density at radius 3 is 2.62 bits per heavy atom. The maximum atomic E-state index is 11.3. The van der Waals surface area contributed by atoms with Gasteiger partial charge >= 0.3 is 0 Å². The minimum Gasteiger partial charge on any atom is -0.362 e. The predicted molar refractivity (Wildman–Crippen MR) is 68.8 cm³/mol. The highest BCUT2D eigenvalue weighted by Crippen LogP contribution is 2.19. The van der Waals surface area contributed by atoms with Gasteiger partial charge in [0.15, 0.2) is 5.17 Å². The van der Waals surface area contributed by atoms with Crippen molar-refractivity contribution in [2.24, 2.45) is 4.99 Å². The molecule has 2 fully saturated rings. The first kappa shape index (κ1) is 12.2. The Morgan fingerprint density at radius 2 is 2.00 bits per heavy atom. The molecule has 0 aromatic carbocycles. The summed E-state index contributed by atoms with van der Waals surface area (Å²) in [5, 5.41) is 4.35. The van der Waals surface area contributed by atoms with Gasteiger partial charge in [-0.2, -0.15) is 0 Å². The summed E-state index contributed by atoms with van der Waals surface area (Å²) in [6, 6.07) is 0.691. The fraction of sp³-hybridized carbons (Fsp3) is 0.900. The smallest absolute Gasteiger partial charge is 0.157 e. The van der Waals surface area contributed by atoms with Crippen LogP contribution >= 0.6 is 11.8 Å². The lowest BCUT2D eigenvalue weighted by Crippen LogP contribution is -2.37. The van der Waals surface area contributed by atoms with Crippen LogP contribution in [0.3, 0.4) is 0 Å². The van der Waals surface area contributed by atoms with E-state index in [1.54, 1.807) is 11.8 Å². The van der Waals surface area contributed by atoms with Gasteiger partial charge in [0.1, 0.15) is 9.84 Å². The largest absolute Gasteiger partial charge is 0.362 e. The standard InChI is InChI=1S/C10H18N2O2S2/c1-8-2-5-15-10(11-8)12-9-3-6-16(13,14)7-4-9/h8-9H,2-7H2,1H3,(H,11,12). The second-order valence-electron chi connectivity index (χ2n) is 4.50. The number of aliphatic imine (C=N–C) groups is 1. The van der Waals surface area contributed by atoms with Crippen LogP contribution in [-0.4, -0.2) is 42.9 Å². The number of nitrogens with one attached hydrogen (secondary N) is 1. The van der Waals surface area contributed by atoms with Gasteiger partial charge in [-0.15, -0.1) is 0 Å². The molecule has 0 bridgehead atoms. The molecule has 1 atom stereocenters. The number of thioether (sulfide) groups is 1. The Kier molecular flexibility index (Phi) is 3.79. The van der Waals surface area contributed by atoms with Gasteiger partial charge in [-0.25, -0.2) is 8.42 Å². The zero-order valence-corrected chi connectivity index (χ0v) is 11.1. The third kappa shape index (κ3) is 3.38. The normalized spacial score (nSPS) is 33.6. The van der Waals surface area contributed by atoms with E-state index in [9.17, 15) is 8.42 Å². The number of hydrogen-bond acceptors (Lipinski definition) is 4. The lowest BCUT2D eigenvalue weighted by molar-refractivity contribution is 0.545. The Hall–Kier alpha value is -0.230. The lowest BCUT2D eigenvalue weighted by Gasteiger charge is -2.25. The SMILES string of the molecule is CC1CCSC(=NC2CCS(=O)(=O)CC2)N1. The van der Waals surface area contributed by atoms with Crippen LogP contribution in [0.1, 0.15) is 26.2 Å². The first-order valence-electron chi connectivity index (χ1n) is 5.73. The van der Waals surface area contributed by atoms with Gasteiger partial charge < -0.3 is 5.32 Å². The molecule has 0 aromatic rings. The van der Waals surface area contributed by atoms with Crippen molar-refractivity contribution in [3.05, 3.63) is 0 Å². The first-order chi connectivity index (χ1) is 7.55. The van der Waals surface area contributed by atoms with Crippen molar-refractivity contribution >= 4 is 26.8 Å². The average Bonchev–Trinajstić information content (AvgIpc) is 2.21. The van der Waals surface area contributed by atoms with E-state index in [-0.39, 0.29) is 6.04 Å². The van der Waals surface area contributed by atoms with Crippen LogP contribution in [0.2, 0.25) is 0 Å². The van der Waals surface area contributed by atoms with Crippen LogP contribution in [0, 0.1) is 0 Å². The summed E-state index contributed by atoms with van der Waals surface area (Å²) in [5.41, 5.74) is 0. The topological polar surface area (TPSA) is 58.5 Å². The maximum Gasteiger partial charge on any atom is 0.157 e. The van der Waals surface area contributed by atoms with Crippen LogP contribution in [-0.2, 0) is 9.84 Å².